The van der Waals surface area contributed by atoms with Gasteiger partial charge in [0.15, 0.2) is 8.32 Å². The molecule has 1 N–H and O–H groups in total. The summed E-state index contributed by atoms with van der Waals surface area (Å²) in [6.07, 6.45) is 1.63. The van der Waals surface area contributed by atoms with Crippen molar-refractivity contribution in [2.45, 2.75) is 51.2 Å². The number of nitriles is 1. The van der Waals surface area contributed by atoms with Gasteiger partial charge in [0.2, 0.25) is 5.28 Å². The van der Waals surface area contributed by atoms with Crippen molar-refractivity contribution in [2.24, 2.45) is 0 Å². The number of hydrogen-bond donors (Lipinski definition) is 1. The molecule has 3 rings (SSSR count). The number of fused-ring (bicyclic) bond motifs is 1. The van der Waals surface area contributed by atoms with E-state index < -0.39 is 8.32 Å². The largest absolute Gasteiger partial charge is 0.416 e. The maximum atomic E-state index is 9.69. The number of anilines is 1. The van der Waals surface area contributed by atoms with Crippen LogP contribution in [0.5, 0.6) is 0 Å². The van der Waals surface area contributed by atoms with Crippen LogP contribution in [0.1, 0.15) is 38.8 Å². The van der Waals surface area contributed by atoms with Crippen molar-refractivity contribution in [3.63, 3.8) is 0 Å². The fourth-order valence-electron chi connectivity index (χ4n) is 3.10. The van der Waals surface area contributed by atoms with Crippen molar-refractivity contribution in [1.29, 1.82) is 5.26 Å². The van der Waals surface area contributed by atoms with E-state index in [4.69, 9.17) is 16.0 Å². The van der Waals surface area contributed by atoms with Crippen molar-refractivity contribution in [2.75, 3.05) is 18.5 Å². The first-order chi connectivity index (χ1) is 13.0. The van der Waals surface area contributed by atoms with Crippen molar-refractivity contribution < 1.29 is 4.43 Å². The number of rotatable bonds is 4. The normalized spacial score (nSPS) is 19.1. The van der Waals surface area contributed by atoms with E-state index in [1.165, 1.54) is 0 Å². The fraction of sp³-hybridized carbons (Fsp3) is 0.476. The van der Waals surface area contributed by atoms with Crippen LogP contribution in [0.3, 0.4) is 0 Å². The van der Waals surface area contributed by atoms with E-state index in [2.05, 4.69) is 68.2 Å². The lowest BCUT2D eigenvalue weighted by molar-refractivity contribution is 0.220. The molecule has 0 bridgehead atoms. The summed E-state index contributed by atoms with van der Waals surface area (Å²) in [5, 5.41) is 13.5. The minimum atomic E-state index is -1.88. The Morgan fingerprint density at radius 3 is 2.68 bits per heavy atom. The number of benzene rings is 1. The molecule has 1 aromatic carbocycles. The predicted molar refractivity (Wildman–Crippen MR) is 116 cm³/mol. The summed E-state index contributed by atoms with van der Waals surface area (Å²) in [5.41, 5.74) is 3.95. The summed E-state index contributed by atoms with van der Waals surface area (Å²) < 4.78 is 6.55. The highest BCUT2D eigenvalue weighted by atomic mass is 35.5. The molecule has 1 aliphatic rings. The number of hydrogen-bond acceptors (Lipinski definition) is 5. The monoisotopic (exact) mass is 414 g/mol. The van der Waals surface area contributed by atoms with Crippen LogP contribution in [-0.4, -0.2) is 31.4 Å². The van der Waals surface area contributed by atoms with Gasteiger partial charge in [-0.05, 0) is 53.5 Å². The van der Waals surface area contributed by atoms with Crippen molar-refractivity contribution in [1.82, 2.24) is 9.97 Å². The van der Waals surface area contributed by atoms with Gasteiger partial charge in [-0.3, -0.25) is 0 Å². The third kappa shape index (κ3) is 3.79. The molecule has 148 valence electrons. The minimum Gasteiger partial charge on any atom is -0.416 e. The molecule has 5 nitrogen and oxygen atoms in total. The highest BCUT2D eigenvalue weighted by molar-refractivity contribution is 6.74. The van der Waals surface area contributed by atoms with E-state index in [1.807, 2.05) is 6.07 Å². The molecule has 1 aliphatic heterocycles. The number of nitrogens with one attached hydrogen (secondary N) is 1. The maximum Gasteiger partial charge on any atom is 0.222 e. The van der Waals surface area contributed by atoms with Crippen LogP contribution in [0.2, 0.25) is 23.4 Å². The van der Waals surface area contributed by atoms with E-state index >= 15 is 0 Å². The second-order valence-electron chi connectivity index (χ2n) is 9.23. The van der Waals surface area contributed by atoms with Gasteiger partial charge in [0.1, 0.15) is 6.07 Å². The number of nitrogens with zero attached hydrogens (tertiary/aromatic N) is 3. The van der Waals surface area contributed by atoms with Crippen LogP contribution in [0, 0.1) is 11.3 Å². The van der Waals surface area contributed by atoms with Crippen molar-refractivity contribution in [3.8, 4) is 17.3 Å². The lowest BCUT2D eigenvalue weighted by Crippen LogP contribution is -2.45. The molecular weight excluding hydrogens is 388 g/mol. The molecule has 0 spiro atoms. The Bertz CT molecular complexity index is 948. The molecule has 1 atom stereocenters. The standard InChI is InChI=1S/C21H27ClN4OSi/c1-20(2,3)28(5,6)27-13-21(4)12-25-18-15(11-23)9-14(10-16(18)21)17-7-8-24-19(22)26-17/h7-10,25H,12-13H2,1-6H3. The molecule has 0 amide bonds. The Balaban J connectivity index is 2.01. The summed E-state index contributed by atoms with van der Waals surface area (Å²) in [4.78, 5) is 8.26. The van der Waals surface area contributed by atoms with Crippen molar-refractivity contribution in [3.05, 3.63) is 40.8 Å². The first-order valence-electron chi connectivity index (χ1n) is 9.42. The van der Waals surface area contributed by atoms with Gasteiger partial charge in [-0.15, -0.1) is 0 Å². The summed E-state index contributed by atoms with van der Waals surface area (Å²) >= 11 is 5.97. The van der Waals surface area contributed by atoms with Gasteiger partial charge >= 0.3 is 0 Å². The van der Waals surface area contributed by atoms with Crippen LogP contribution >= 0.6 is 11.6 Å². The zero-order valence-corrected chi connectivity index (χ0v) is 19.1. The molecule has 2 heterocycles. The third-order valence-corrected chi connectivity index (χ3v) is 10.7. The molecule has 0 fully saturated rings. The number of halogens is 1. The molecule has 0 saturated carbocycles. The van der Waals surface area contributed by atoms with Gasteiger partial charge in [-0.2, -0.15) is 5.26 Å². The Hall–Kier alpha value is -1.94. The summed E-state index contributed by atoms with van der Waals surface area (Å²) in [7, 11) is -1.88. The topological polar surface area (TPSA) is 70.8 Å². The highest BCUT2D eigenvalue weighted by Gasteiger charge is 2.42. The highest BCUT2D eigenvalue weighted by Crippen LogP contribution is 2.43. The van der Waals surface area contributed by atoms with Gasteiger partial charge < -0.3 is 9.74 Å². The van der Waals surface area contributed by atoms with Crippen molar-refractivity contribution >= 4 is 25.6 Å². The first kappa shape index (κ1) is 20.8. The zero-order chi connectivity index (χ0) is 20.7. The minimum absolute atomic E-state index is 0.148. The van der Waals surface area contributed by atoms with E-state index in [0.29, 0.717) is 17.9 Å². The van der Waals surface area contributed by atoms with Gasteiger partial charge in [0.05, 0.1) is 16.9 Å². The SMILES string of the molecule is CC1(CO[Si](C)(C)C(C)(C)C)CNc2c(C#N)cc(-c3ccnc(Cl)n3)cc21. The lowest BCUT2D eigenvalue weighted by atomic mass is 9.83. The van der Waals surface area contributed by atoms with Crippen LogP contribution in [0.4, 0.5) is 5.69 Å². The van der Waals surface area contributed by atoms with Crippen LogP contribution in [0.25, 0.3) is 11.3 Å². The van der Waals surface area contributed by atoms with Crippen LogP contribution < -0.4 is 5.32 Å². The average Bonchev–Trinajstić information content (AvgIpc) is 2.96. The Morgan fingerprint density at radius 1 is 1.36 bits per heavy atom. The van der Waals surface area contributed by atoms with E-state index in [1.54, 1.807) is 12.3 Å². The first-order valence-corrected chi connectivity index (χ1v) is 12.7. The molecule has 0 aliphatic carbocycles. The molecule has 1 unspecified atom stereocenters. The molecular formula is C21H27ClN4OSi. The molecule has 0 radical (unpaired) electrons. The quantitative estimate of drug-likeness (QED) is 0.537. The molecule has 7 heteroatoms. The van der Waals surface area contributed by atoms with Crippen LogP contribution in [-0.2, 0) is 9.84 Å². The van der Waals surface area contributed by atoms with Gasteiger partial charge in [0.25, 0.3) is 0 Å². The van der Waals surface area contributed by atoms with E-state index in [-0.39, 0.29) is 15.7 Å². The van der Waals surface area contributed by atoms with Gasteiger partial charge in [-0.25, -0.2) is 9.97 Å². The summed E-state index contributed by atoms with van der Waals surface area (Å²) in [6, 6.07) is 8.07. The summed E-state index contributed by atoms with van der Waals surface area (Å²) in [6.45, 7) is 14.8. The van der Waals surface area contributed by atoms with Gasteiger partial charge in [-0.1, -0.05) is 27.7 Å². The Kier molecular flexibility index (Phi) is 5.30. The number of aromatic nitrogens is 2. The molecule has 0 saturated heterocycles. The summed E-state index contributed by atoms with van der Waals surface area (Å²) in [5.74, 6) is 0. The molecule has 2 aromatic rings. The second-order valence-corrected chi connectivity index (χ2v) is 14.4. The van der Waals surface area contributed by atoms with E-state index in [0.717, 1.165) is 23.4 Å². The van der Waals surface area contributed by atoms with Crippen LogP contribution in [0.15, 0.2) is 24.4 Å². The average molecular weight is 415 g/mol. The molecule has 1 aromatic heterocycles. The zero-order valence-electron chi connectivity index (χ0n) is 17.4. The Morgan fingerprint density at radius 2 is 2.07 bits per heavy atom. The smallest absolute Gasteiger partial charge is 0.222 e. The second kappa shape index (κ2) is 7.14. The predicted octanol–water partition coefficient (Wildman–Crippen LogP) is 5.37. The molecule has 28 heavy (non-hydrogen) atoms. The van der Waals surface area contributed by atoms with E-state index in [9.17, 15) is 5.26 Å². The maximum absolute atomic E-state index is 9.69. The van der Waals surface area contributed by atoms with Gasteiger partial charge in [0, 0.05) is 30.3 Å². The fourth-order valence-corrected chi connectivity index (χ4v) is 4.36. The lowest BCUT2D eigenvalue weighted by Gasteiger charge is -2.39. The third-order valence-electron chi connectivity index (χ3n) is 6.04. The Labute approximate surface area is 173 Å².